The summed E-state index contributed by atoms with van der Waals surface area (Å²) in [7, 11) is 0. The van der Waals surface area contributed by atoms with Gasteiger partial charge in [-0.1, -0.05) is 12.1 Å². The lowest BCUT2D eigenvalue weighted by molar-refractivity contribution is 0.0939. The average molecular weight is 255 g/mol. The van der Waals surface area contributed by atoms with Gasteiger partial charge in [0.25, 0.3) is 5.91 Å². The lowest BCUT2D eigenvalue weighted by Gasteiger charge is -2.14. The van der Waals surface area contributed by atoms with Gasteiger partial charge in [0, 0.05) is 17.6 Å². The Hall–Kier alpha value is -2.36. The summed E-state index contributed by atoms with van der Waals surface area (Å²) < 4.78 is 0. The monoisotopic (exact) mass is 255 g/mol. The Kier molecular flexibility index (Phi) is 3.80. The maximum atomic E-state index is 12.0. The van der Waals surface area contributed by atoms with Crippen molar-refractivity contribution >= 4 is 11.6 Å². The highest BCUT2D eigenvalue weighted by atomic mass is 16.1. The number of nitrogens with zero attached hydrogens (tertiary/aromatic N) is 1. The van der Waals surface area contributed by atoms with E-state index >= 15 is 0 Å². The number of carbonyl (C=O) groups is 1. The standard InChI is InChI=1S/C15H17N3O/c1-10-6-7-13(9-17-10)15(19)18-11(2)12-4-3-5-14(16)8-12/h3-9,11H,16H2,1-2H3,(H,18,19). The number of amides is 1. The largest absolute Gasteiger partial charge is 0.399 e. The number of nitrogen functional groups attached to an aromatic ring is 1. The third-order valence-electron chi connectivity index (χ3n) is 2.93. The van der Waals surface area contributed by atoms with Gasteiger partial charge in [-0.05, 0) is 43.7 Å². The molecule has 0 aliphatic carbocycles. The molecule has 98 valence electrons. The zero-order valence-electron chi connectivity index (χ0n) is 11.1. The fourth-order valence-electron chi connectivity index (χ4n) is 1.79. The van der Waals surface area contributed by atoms with Crippen LogP contribution in [0.15, 0.2) is 42.6 Å². The second-order valence-electron chi connectivity index (χ2n) is 4.55. The summed E-state index contributed by atoms with van der Waals surface area (Å²) in [6.45, 7) is 3.81. The second kappa shape index (κ2) is 5.52. The van der Waals surface area contributed by atoms with Crippen molar-refractivity contribution in [1.29, 1.82) is 0 Å². The SMILES string of the molecule is Cc1ccc(C(=O)NC(C)c2cccc(N)c2)cn1. The molecule has 0 fully saturated rings. The van der Waals surface area contributed by atoms with Crippen LogP contribution in [0, 0.1) is 6.92 Å². The lowest BCUT2D eigenvalue weighted by Crippen LogP contribution is -2.26. The summed E-state index contributed by atoms with van der Waals surface area (Å²) >= 11 is 0. The van der Waals surface area contributed by atoms with Crippen LogP contribution in [0.5, 0.6) is 0 Å². The van der Waals surface area contributed by atoms with Crippen molar-refractivity contribution in [2.75, 3.05) is 5.73 Å². The number of hydrogen-bond donors (Lipinski definition) is 2. The van der Waals surface area contributed by atoms with Crippen molar-refractivity contribution in [3.05, 3.63) is 59.4 Å². The van der Waals surface area contributed by atoms with Crippen LogP contribution in [0.1, 0.15) is 34.6 Å². The molecular weight excluding hydrogens is 238 g/mol. The third kappa shape index (κ3) is 3.31. The maximum absolute atomic E-state index is 12.0. The molecule has 1 unspecified atom stereocenters. The number of anilines is 1. The van der Waals surface area contributed by atoms with E-state index < -0.39 is 0 Å². The van der Waals surface area contributed by atoms with Crippen LogP contribution in [0.3, 0.4) is 0 Å². The van der Waals surface area contributed by atoms with Crippen molar-refractivity contribution < 1.29 is 4.79 Å². The van der Waals surface area contributed by atoms with Crippen molar-refractivity contribution in [1.82, 2.24) is 10.3 Å². The van der Waals surface area contributed by atoms with Crippen LogP contribution >= 0.6 is 0 Å². The normalized spacial score (nSPS) is 11.9. The fourth-order valence-corrected chi connectivity index (χ4v) is 1.79. The molecule has 19 heavy (non-hydrogen) atoms. The van der Waals surface area contributed by atoms with Gasteiger partial charge in [0.15, 0.2) is 0 Å². The van der Waals surface area contributed by atoms with E-state index in [9.17, 15) is 4.79 Å². The summed E-state index contributed by atoms with van der Waals surface area (Å²) in [5.41, 5.74) is 8.85. The highest BCUT2D eigenvalue weighted by molar-refractivity contribution is 5.94. The predicted molar refractivity (Wildman–Crippen MR) is 75.7 cm³/mol. The first-order valence-electron chi connectivity index (χ1n) is 6.15. The van der Waals surface area contributed by atoms with E-state index in [1.807, 2.05) is 44.2 Å². The molecule has 4 heteroatoms. The van der Waals surface area contributed by atoms with Gasteiger partial charge in [0.05, 0.1) is 11.6 Å². The van der Waals surface area contributed by atoms with E-state index in [1.54, 1.807) is 12.3 Å². The summed E-state index contributed by atoms with van der Waals surface area (Å²) in [6, 6.07) is 11.0. The van der Waals surface area contributed by atoms with Gasteiger partial charge >= 0.3 is 0 Å². The smallest absolute Gasteiger partial charge is 0.253 e. The Morgan fingerprint density at radius 2 is 2.11 bits per heavy atom. The second-order valence-corrected chi connectivity index (χ2v) is 4.55. The molecule has 1 aromatic carbocycles. The van der Waals surface area contributed by atoms with Crippen molar-refractivity contribution in [3.63, 3.8) is 0 Å². The van der Waals surface area contributed by atoms with Gasteiger partial charge in [0.2, 0.25) is 0 Å². The van der Waals surface area contributed by atoms with Gasteiger partial charge in [-0.3, -0.25) is 9.78 Å². The molecule has 4 nitrogen and oxygen atoms in total. The highest BCUT2D eigenvalue weighted by Gasteiger charge is 2.11. The molecule has 0 spiro atoms. The number of nitrogens with two attached hydrogens (primary N) is 1. The first kappa shape index (κ1) is 13.1. The molecule has 0 aliphatic heterocycles. The van der Waals surface area contributed by atoms with E-state index in [4.69, 9.17) is 5.73 Å². The Morgan fingerprint density at radius 1 is 1.32 bits per heavy atom. The minimum absolute atomic E-state index is 0.0997. The summed E-state index contributed by atoms with van der Waals surface area (Å²) in [4.78, 5) is 16.2. The highest BCUT2D eigenvalue weighted by Crippen LogP contribution is 2.15. The Balaban J connectivity index is 2.08. The first-order chi connectivity index (χ1) is 9.06. The third-order valence-corrected chi connectivity index (χ3v) is 2.93. The summed E-state index contributed by atoms with van der Waals surface area (Å²) in [5, 5.41) is 2.92. The first-order valence-corrected chi connectivity index (χ1v) is 6.15. The molecule has 1 aromatic heterocycles. The van der Waals surface area contributed by atoms with Crippen LogP contribution < -0.4 is 11.1 Å². The van der Waals surface area contributed by atoms with Gasteiger partial charge in [-0.2, -0.15) is 0 Å². The number of benzene rings is 1. The zero-order chi connectivity index (χ0) is 13.8. The molecule has 2 aromatic rings. The van der Waals surface area contributed by atoms with Crippen LogP contribution in [0.4, 0.5) is 5.69 Å². The zero-order valence-corrected chi connectivity index (χ0v) is 11.1. The molecule has 0 saturated carbocycles. The van der Waals surface area contributed by atoms with Crippen LogP contribution in [0.25, 0.3) is 0 Å². The van der Waals surface area contributed by atoms with Crippen molar-refractivity contribution in [3.8, 4) is 0 Å². The molecule has 1 amide bonds. The molecule has 3 N–H and O–H groups in total. The van der Waals surface area contributed by atoms with E-state index in [-0.39, 0.29) is 11.9 Å². The van der Waals surface area contributed by atoms with E-state index in [0.29, 0.717) is 11.3 Å². The Morgan fingerprint density at radius 3 is 2.74 bits per heavy atom. The number of aryl methyl sites for hydroxylation is 1. The van der Waals surface area contributed by atoms with Gasteiger partial charge < -0.3 is 11.1 Å². The van der Waals surface area contributed by atoms with E-state index in [0.717, 1.165) is 11.3 Å². The molecule has 0 radical (unpaired) electrons. The quantitative estimate of drug-likeness (QED) is 0.828. The number of rotatable bonds is 3. The fraction of sp³-hybridized carbons (Fsp3) is 0.200. The van der Waals surface area contributed by atoms with Gasteiger partial charge in [0.1, 0.15) is 0 Å². The van der Waals surface area contributed by atoms with E-state index in [2.05, 4.69) is 10.3 Å². The Bertz CT molecular complexity index is 578. The average Bonchev–Trinajstić information content (AvgIpc) is 2.39. The van der Waals surface area contributed by atoms with Crippen molar-refractivity contribution in [2.45, 2.75) is 19.9 Å². The topological polar surface area (TPSA) is 68.0 Å². The maximum Gasteiger partial charge on any atom is 0.253 e. The predicted octanol–water partition coefficient (Wildman–Crippen LogP) is 2.46. The molecule has 0 aliphatic rings. The van der Waals surface area contributed by atoms with Crippen molar-refractivity contribution in [2.24, 2.45) is 0 Å². The van der Waals surface area contributed by atoms with Crippen LogP contribution in [0.2, 0.25) is 0 Å². The Labute approximate surface area is 112 Å². The number of aromatic nitrogens is 1. The molecule has 0 bridgehead atoms. The summed E-state index contributed by atoms with van der Waals surface area (Å²) in [6.07, 6.45) is 1.58. The minimum atomic E-state index is -0.137. The number of nitrogens with one attached hydrogen (secondary N) is 1. The van der Waals surface area contributed by atoms with Crippen LogP contribution in [-0.2, 0) is 0 Å². The lowest BCUT2D eigenvalue weighted by atomic mass is 10.1. The molecule has 1 atom stereocenters. The van der Waals surface area contributed by atoms with Crippen LogP contribution in [-0.4, -0.2) is 10.9 Å². The molecule has 2 rings (SSSR count). The van der Waals surface area contributed by atoms with Gasteiger partial charge in [-0.15, -0.1) is 0 Å². The molecule has 1 heterocycles. The van der Waals surface area contributed by atoms with Gasteiger partial charge in [-0.25, -0.2) is 0 Å². The number of hydrogen-bond acceptors (Lipinski definition) is 3. The summed E-state index contributed by atoms with van der Waals surface area (Å²) in [5.74, 6) is -0.137. The minimum Gasteiger partial charge on any atom is -0.399 e. The molecule has 0 saturated heterocycles. The number of pyridine rings is 1. The van der Waals surface area contributed by atoms with E-state index in [1.165, 1.54) is 0 Å². The number of carbonyl (C=O) groups excluding carboxylic acids is 1. The molecular formula is C15H17N3O.